The van der Waals surface area contributed by atoms with Crippen LogP contribution < -0.4 is 5.32 Å². The number of hydrogen-bond donors (Lipinski definition) is 1. The van der Waals surface area contributed by atoms with Crippen molar-refractivity contribution in [3.63, 3.8) is 0 Å². The van der Waals surface area contributed by atoms with E-state index < -0.39 is 0 Å². The predicted molar refractivity (Wildman–Crippen MR) is 71.0 cm³/mol. The van der Waals surface area contributed by atoms with Gasteiger partial charge >= 0.3 is 0 Å². The third-order valence-corrected chi connectivity index (χ3v) is 3.10. The molecule has 0 radical (unpaired) electrons. The van der Waals surface area contributed by atoms with E-state index in [1.54, 1.807) is 19.1 Å². The molecule has 0 aliphatic carbocycles. The van der Waals surface area contributed by atoms with Crippen LogP contribution in [0.25, 0.3) is 0 Å². The molecule has 1 rings (SSSR count). The summed E-state index contributed by atoms with van der Waals surface area (Å²) in [7, 11) is 0. The van der Waals surface area contributed by atoms with Crippen LogP contribution in [0.4, 0.5) is 4.39 Å². The van der Waals surface area contributed by atoms with Gasteiger partial charge < -0.3 is 5.32 Å². The van der Waals surface area contributed by atoms with Gasteiger partial charge in [0, 0.05) is 17.4 Å². The number of carbonyl (C=O) groups excluding carboxylic acids is 1. The van der Waals surface area contributed by atoms with E-state index >= 15 is 0 Å². The Kier molecular flexibility index (Phi) is 5.62. The number of nitrogens with one attached hydrogen (secondary N) is 1. The molecule has 0 bridgehead atoms. The molecule has 1 N–H and O–H groups in total. The van der Waals surface area contributed by atoms with Gasteiger partial charge in [0.25, 0.3) is 5.91 Å². The second kappa shape index (κ2) is 6.74. The molecule has 1 aromatic rings. The molecule has 17 heavy (non-hydrogen) atoms. The van der Waals surface area contributed by atoms with E-state index in [0.29, 0.717) is 23.6 Å². The second-order valence-electron chi connectivity index (χ2n) is 4.26. The molecular weight excluding hydrogens is 285 g/mol. The molecule has 4 heteroatoms. The molecule has 0 saturated heterocycles. The van der Waals surface area contributed by atoms with Crippen LogP contribution in [-0.4, -0.2) is 17.8 Å². The largest absolute Gasteiger partial charge is 0.352 e. The van der Waals surface area contributed by atoms with Gasteiger partial charge in [-0.1, -0.05) is 28.9 Å². The Morgan fingerprint density at radius 3 is 2.82 bits per heavy atom. The third kappa shape index (κ3) is 4.46. The van der Waals surface area contributed by atoms with E-state index in [1.807, 2.05) is 0 Å². The van der Waals surface area contributed by atoms with E-state index in [2.05, 4.69) is 28.2 Å². The zero-order valence-corrected chi connectivity index (χ0v) is 11.7. The van der Waals surface area contributed by atoms with Crippen LogP contribution in [0.2, 0.25) is 0 Å². The van der Waals surface area contributed by atoms with Gasteiger partial charge in [0.05, 0.1) is 0 Å². The maximum atomic E-state index is 13.3. The van der Waals surface area contributed by atoms with E-state index in [0.717, 1.165) is 11.8 Å². The molecule has 1 amide bonds. The van der Waals surface area contributed by atoms with Crippen LogP contribution in [0.3, 0.4) is 0 Å². The summed E-state index contributed by atoms with van der Waals surface area (Å²) in [6.45, 7) is 4.35. The van der Waals surface area contributed by atoms with Crippen LogP contribution in [0.5, 0.6) is 0 Å². The minimum absolute atomic E-state index is 0.217. The average Bonchev–Trinajstić information content (AvgIpc) is 2.30. The van der Waals surface area contributed by atoms with E-state index in [1.165, 1.54) is 6.07 Å². The summed E-state index contributed by atoms with van der Waals surface area (Å²) in [5, 5.41) is 3.72. The lowest BCUT2D eigenvalue weighted by molar-refractivity contribution is 0.0947. The lowest BCUT2D eigenvalue weighted by atomic mass is 10.1. The molecule has 0 aromatic heterocycles. The maximum absolute atomic E-state index is 13.3. The molecule has 1 atom stereocenters. The number of hydrogen-bond acceptors (Lipinski definition) is 1. The number of aryl methyl sites for hydroxylation is 1. The summed E-state index contributed by atoms with van der Waals surface area (Å²) in [4.78, 5) is 11.7. The van der Waals surface area contributed by atoms with Crippen molar-refractivity contribution >= 4 is 21.8 Å². The predicted octanol–water partition coefficient (Wildman–Crippen LogP) is 3.29. The lowest BCUT2D eigenvalue weighted by Gasteiger charge is -2.11. The quantitative estimate of drug-likeness (QED) is 0.831. The minimum Gasteiger partial charge on any atom is -0.352 e. The number of benzene rings is 1. The average molecular weight is 302 g/mol. The lowest BCUT2D eigenvalue weighted by Crippen LogP contribution is -2.28. The van der Waals surface area contributed by atoms with Gasteiger partial charge in [-0.15, -0.1) is 0 Å². The molecule has 1 aromatic carbocycles. The summed E-state index contributed by atoms with van der Waals surface area (Å²) in [6, 6.07) is 4.54. The fourth-order valence-corrected chi connectivity index (χ4v) is 2.17. The van der Waals surface area contributed by atoms with Crippen molar-refractivity contribution in [1.29, 1.82) is 0 Å². The van der Waals surface area contributed by atoms with Crippen LogP contribution in [-0.2, 0) is 0 Å². The zero-order chi connectivity index (χ0) is 12.8. The second-order valence-corrected chi connectivity index (χ2v) is 5.05. The molecule has 0 heterocycles. The summed E-state index contributed by atoms with van der Waals surface area (Å²) < 4.78 is 13.3. The first-order valence-electron chi connectivity index (χ1n) is 5.65. The minimum atomic E-state index is -0.342. The molecule has 1 unspecified atom stereocenters. The normalized spacial score (nSPS) is 12.2. The number of rotatable bonds is 5. The molecule has 2 nitrogen and oxygen atoms in total. The highest BCUT2D eigenvalue weighted by Gasteiger charge is 2.09. The van der Waals surface area contributed by atoms with Crippen molar-refractivity contribution < 1.29 is 9.18 Å². The number of amides is 1. The van der Waals surface area contributed by atoms with Crippen molar-refractivity contribution in [1.82, 2.24) is 5.32 Å². The van der Waals surface area contributed by atoms with Gasteiger partial charge in [0.2, 0.25) is 0 Å². The summed E-state index contributed by atoms with van der Waals surface area (Å²) >= 11 is 3.36. The fraction of sp³-hybridized carbons (Fsp3) is 0.462. The fourth-order valence-electron chi connectivity index (χ4n) is 1.39. The molecule has 0 aliphatic heterocycles. The molecule has 0 saturated carbocycles. The topological polar surface area (TPSA) is 29.1 Å². The Morgan fingerprint density at radius 2 is 2.24 bits per heavy atom. The van der Waals surface area contributed by atoms with Crippen LogP contribution in [0.1, 0.15) is 29.3 Å². The van der Waals surface area contributed by atoms with Crippen LogP contribution >= 0.6 is 15.9 Å². The van der Waals surface area contributed by atoms with Crippen molar-refractivity contribution in [2.75, 3.05) is 11.9 Å². The van der Waals surface area contributed by atoms with E-state index in [9.17, 15) is 9.18 Å². The highest BCUT2D eigenvalue weighted by molar-refractivity contribution is 9.09. The first-order valence-corrected chi connectivity index (χ1v) is 6.77. The van der Waals surface area contributed by atoms with E-state index in [4.69, 9.17) is 0 Å². The summed E-state index contributed by atoms with van der Waals surface area (Å²) in [5.74, 6) is -0.148. The van der Waals surface area contributed by atoms with Crippen LogP contribution in [0, 0.1) is 18.7 Å². The number of halogens is 2. The van der Waals surface area contributed by atoms with Gasteiger partial charge in [-0.3, -0.25) is 4.79 Å². The van der Waals surface area contributed by atoms with Gasteiger partial charge in [-0.25, -0.2) is 4.39 Å². The summed E-state index contributed by atoms with van der Waals surface area (Å²) in [5.41, 5.74) is 0.924. The van der Waals surface area contributed by atoms with Gasteiger partial charge in [-0.2, -0.15) is 0 Å². The van der Waals surface area contributed by atoms with Gasteiger partial charge in [-0.05, 0) is 37.0 Å². The van der Waals surface area contributed by atoms with Gasteiger partial charge in [0.1, 0.15) is 5.82 Å². The smallest absolute Gasteiger partial charge is 0.251 e. The number of carbonyl (C=O) groups is 1. The van der Waals surface area contributed by atoms with Crippen molar-refractivity contribution in [2.45, 2.75) is 20.3 Å². The maximum Gasteiger partial charge on any atom is 0.251 e. The molecule has 0 aliphatic rings. The van der Waals surface area contributed by atoms with Crippen molar-refractivity contribution in [3.05, 3.63) is 35.1 Å². The first-order chi connectivity index (χ1) is 8.04. The van der Waals surface area contributed by atoms with Crippen molar-refractivity contribution in [2.24, 2.45) is 5.92 Å². The number of alkyl halides is 1. The monoisotopic (exact) mass is 301 g/mol. The molecule has 0 fully saturated rings. The van der Waals surface area contributed by atoms with E-state index in [-0.39, 0.29) is 11.7 Å². The Hall–Kier alpha value is -0.900. The highest BCUT2D eigenvalue weighted by Crippen LogP contribution is 2.09. The Morgan fingerprint density at radius 1 is 1.53 bits per heavy atom. The SMILES string of the molecule is Cc1ccc(C(=O)NCC(C)CCBr)cc1F. The summed E-state index contributed by atoms with van der Waals surface area (Å²) in [6.07, 6.45) is 1.00. The molecular formula is C13H17BrFNO. The highest BCUT2D eigenvalue weighted by atomic mass is 79.9. The molecule has 0 spiro atoms. The third-order valence-electron chi connectivity index (χ3n) is 2.65. The Labute approximate surface area is 110 Å². The molecule has 94 valence electrons. The Balaban J connectivity index is 2.55. The Bertz CT molecular complexity index is 395. The van der Waals surface area contributed by atoms with Crippen LogP contribution in [0.15, 0.2) is 18.2 Å². The van der Waals surface area contributed by atoms with Crippen molar-refractivity contribution in [3.8, 4) is 0 Å². The standard InChI is InChI=1S/C13H17BrFNO/c1-9(5-6-14)8-16-13(17)11-4-3-10(2)12(15)7-11/h3-4,7,9H,5-6,8H2,1-2H3,(H,16,17). The zero-order valence-electron chi connectivity index (χ0n) is 10.1. The van der Waals surface area contributed by atoms with Gasteiger partial charge in [0.15, 0.2) is 0 Å². The first kappa shape index (κ1) is 14.2.